The largest absolute Gasteiger partial charge is 0.480 e. The summed E-state index contributed by atoms with van der Waals surface area (Å²) >= 11 is 0. The molecule has 0 saturated heterocycles. The third kappa shape index (κ3) is 3.23. The predicted molar refractivity (Wildman–Crippen MR) is 68.4 cm³/mol. The summed E-state index contributed by atoms with van der Waals surface area (Å²) in [5.74, 6) is 0.0111. The molecule has 1 aliphatic rings. The number of hydrogen-bond donors (Lipinski definition) is 2. The molecule has 0 spiro atoms. The summed E-state index contributed by atoms with van der Waals surface area (Å²) in [5, 5.41) is 12.3. The molecule has 1 aromatic carbocycles. The van der Waals surface area contributed by atoms with Gasteiger partial charge in [-0.2, -0.15) is 0 Å². The zero-order chi connectivity index (χ0) is 14.0. The fourth-order valence-corrected chi connectivity index (χ4v) is 1.92. The van der Waals surface area contributed by atoms with Crippen molar-refractivity contribution >= 4 is 5.91 Å². The number of aliphatic hydroxyl groups is 1. The number of fused-ring (bicyclic) bond motifs is 1. The maximum Gasteiger partial charge on any atom is 0.261 e. The molecule has 104 valence electrons. The number of aliphatic hydroxyl groups excluding tert-OH is 1. The lowest BCUT2D eigenvalue weighted by Gasteiger charge is -2.17. The molecule has 0 aliphatic carbocycles. The van der Waals surface area contributed by atoms with E-state index in [0.29, 0.717) is 17.7 Å². The van der Waals surface area contributed by atoms with E-state index in [-0.39, 0.29) is 24.2 Å². The van der Waals surface area contributed by atoms with Gasteiger partial charge in [-0.05, 0) is 24.1 Å². The Morgan fingerprint density at radius 2 is 2.32 bits per heavy atom. The normalized spacial score (nSPS) is 18.9. The van der Waals surface area contributed by atoms with Gasteiger partial charge in [0.05, 0.1) is 6.10 Å². The summed E-state index contributed by atoms with van der Waals surface area (Å²) in [6, 6.07) is 4.22. The summed E-state index contributed by atoms with van der Waals surface area (Å²) in [5.41, 5.74) is 0.699. The Morgan fingerprint density at radius 1 is 1.58 bits per heavy atom. The van der Waals surface area contributed by atoms with Crippen molar-refractivity contribution in [2.75, 3.05) is 6.54 Å². The van der Waals surface area contributed by atoms with E-state index < -0.39 is 12.2 Å². The van der Waals surface area contributed by atoms with Gasteiger partial charge < -0.3 is 15.2 Å². The van der Waals surface area contributed by atoms with Gasteiger partial charge in [0, 0.05) is 18.5 Å². The van der Waals surface area contributed by atoms with Crippen molar-refractivity contribution in [1.82, 2.24) is 5.32 Å². The SMILES string of the molecule is CC(C)C(O)CNC(=O)C1Cc2cc(F)ccc2O1. The van der Waals surface area contributed by atoms with E-state index in [1.165, 1.54) is 18.2 Å². The van der Waals surface area contributed by atoms with E-state index in [1.54, 1.807) is 0 Å². The highest BCUT2D eigenvalue weighted by atomic mass is 19.1. The summed E-state index contributed by atoms with van der Waals surface area (Å²) < 4.78 is 18.5. The van der Waals surface area contributed by atoms with Gasteiger partial charge in [0.1, 0.15) is 11.6 Å². The zero-order valence-corrected chi connectivity index (χ0v) is 11.0. The first-order chi connectivity index (χ1) is 8.97. The molecule has 5 heteroatoms. The van der Waals surface area contributed by atoms with E-state index >= 15 is 0 Å². The predicted octanol–water partition coefficient (Wildman–Crippen LogP) is 1.26. The van der Waals surface area contributed by atoms with Crippen molar-refractivity contribution in [2.24, 2.45) is 5.92 Å². The molecule has 2 unspecified atom stereocenters. The number of halogens is 1. The second-order valence-electron chi connectivity index (χ2n) is 5.12. The molecule has 0 saturated carbocycles. The monoisotopic (exact) mass is 267 g/mol. The number of rotatable bonds is 4. The third-order valence-corrected chi connectivity index (χ3v) is 3.24. The van der Waals surface area contributed by atoms with Crippen molar-refractivity contribution in [3.63, 3.8) is 0 Å². The molecule has 4 nitrogen and oxygen atoms in total. The van der Waals surface area contributed by atoms with Crippen molar-refractivity contribution in [1.29, 1.82) is 0 Å². The minimum Gasteiger partial charge on any atom is -0.480 e. The summed E-state index contributed by atoms with van der Waals surface area (Å²) in [6.07, 6.45) is -0.863. The van der Waals surface area contributed by atoms with Gasteiger partial charge in [0.25, 0.3) is 5.91 Å². The van der Waals surface area contributed by atoms with Gasteiger partial charge >= 0.3 is 0 Å². The van der Waals surface area contributed by atoms with Crippen LogP contribution in [0.2, 0.25) is 0 Å². The van der Waals surface area contributed by atoms with Crippen LogP contribution in [0.4, 0.5) is 4.39 Å². The first kappa shape index (κ1) is 13.8. The van der Waals surface area contributed by atoms with Crippen LogP contribution in [0.25, 0.3) is 0 Å². The molecule has 1 amide bonds. The van der Waals surface area contributed by atoms with Crippen LogP contribution in [0.5, 0.6) is 5.75 Å². The van der Waals surface area contributed by atoms with Crippen LogP contribution >= 0.6 is 0 Å². The average Bonchev–Trinajstić information content (AvgIpc) is 2.78. The molecule has 0 aromatic heterocycles. The maximum absolute atomic E-state index is 13.0. The summed E-state index contributed by atoms with van der Waals surface area (Å²) in [7, 11) is 0. The Bertz CT molecular complexity index is 476. The molecule has 0 bridgehead atoms. The van der Waals surface area contributed by atoms with Gasteiger partial charge in [-0.3, -0.25) is 4.79 Å². The van der Waals surface area contributed by atoms with Crippen molar-refractivity contribution in [3.8, 4) is 5.75 Å². The second kappa shape index (κ2) is 5.57. The van der Waals surface area contributed by atoms with E-state index in [0.717, 1.165) is 0 Å². The topological polar surface area (TPSA) is 58.6 Å². The zero-order valence-electron chi connectivity index (χ0n) is 11.0. The number of carbonyl (C=O) groups is 1. The van der Waals surface area contributed by atoms with Crippen LogP contribution < -0.4 is 10.1 Å². The molecule has 1 heterocycles. The first-order valence-corrected chi connectivity index (χ1v) is 6.38. The minimum absolute atomic E-state index is 0.0797. The van der Waals surface area contributed by atoms with Crippen LogP contribution in [0.15, 0.2) is 18.2 Å². The van der Waals surface area contributed by atoms with Gasteiger partial charge in [0.15, 0.2) is 6.10 Å². The smallest absolute Gasteiger partial charge is 0.261 e. The number of ether oxygens (including phenoxy) is 1. The van der Waals surface area contributed by atoms with Crippen molar-refractivity contribution in [2.45, 2.75) is 32.5 Å². The Balaban J connectivity index is 1.90. The number of nitrogens with one attached hydrogen (secondary N) is 1. The Labute approximate surface area is 111 Å². The fourth-order valence-electron chi connectivity index (χ4n) is 1.92. The summed E-state index contributed by atoms with van der Waals surface area (Å²) in [6.45, 7) is 3.95. The molecular weight excluding hydrogens is 249 g/mol. The van der Waals surface area contributed by atoms with Crippen molar-refractivity contribution < 1.29 is 19.0 Å². The Hall–Kier alpha value is -1.62. The van der Waals surface area contributed by atoms with Crippen LogP contribution in [0.3, 0.4) is 0 Å². The Morgan fingerprint density at radius 3 is 3.00 bits per heavy atom. The molecular formula is C14H18FNO3. The van der Waals surface area contributed by atoms with Crippen LogP contribution in [0.1, 0.15) is 19.4 Å². The first-order valence-electron chi connectivity index (χ1n) is 6.38. The van der Waals surface area contributed by atoms with Gasteiger partial charge in [-0.1, -0.05) is 13.8 Å². The average molecular weight is 267 g/mol. The molecule has 19 heavy (non-hydrogen) atoms. The van der Waals surface area contributed by atoms with Gasteiger partial charge in [-0.25, -0.2) is 4.39 Å². The lowest BCUT2D eigenvalue weighted by molar-refractivity contribution is -0.127. The second-order valence-corrected chi connectivity index (χ2v) is 5.12. The van der Waals surface area contributed by atoms with E-state index in [9.17, 15) is 14.3 Å². The lowest BCUT2D eigenvalue weighted by atomic mass is 10.1. The van der Waals surface area contributed by atoms with E-state index in [4.69, 9.17) is 4.74 Å². The number of amides is 1. The maximum atomic E-state index is 13.0. The van der Waals surface area contributed by atoms with Crippen LogP contribution in [-0.4, -0.2) is 29.8 Å². The molecule has 0 radical (unpaired) electrons. The molecule has 1 aromatic rings. The molecule has 2 rings (SSSR count). The molecule has 1 aliphatic heterocycles. The molecule has 2 atom stereocenters. The van der Waals surface area contributed by atoms with Gasteiger partial charge in [-0.15, -0.1) is 0 Å². The van der Waals surface area contributed by atoms with Crippen molar-refractivity contribution in [3.05, 3.63) is 29.6 Å². The summed E-state index contributed by atoms with van der Waals surface area (Å²) in [4.78, 5) is 11.9. The quantitative estimate of drug-likeness (QED) is 0.863. The molecule has 0 fully saturated rings. The van der Waals surface area contributed by atoms with E-state index in [1.807, 2.05) is 13.8 Å². The highest BCUT2D eigenvalue weighted by Gasteiger charge is 2.29. The van der Waals surface area contributed by atoms with Gasteiger partial charge in [0.2, 0.25) is 0 Å². The number of carbonyl (C=O) groups excluding carboxylic acids is 1. The highest BCUT2D eigenvalue weighted by molar-refractivity contribution is 5.82. The van der Waals surface area contributed by atoms with Crippen LogP contribution in [0, 0.1) is 11.7 Å². The minimum atomic E-state index is -0.642. The Kier molecular flexibility index (Phi) is 4.04. The van der Waals surface area contributed by atoms with Crippen LogP contribution in [-0.2, 0) is 11.2 Å². The standard InChI is InChI=1S/C14H18FNO3/c1-8(2)11(17)7-16-14(18)13-6-9-5-10(15)3-4-12(9)19-13/h3-5,8,11,13,17H,6-7H2,1-2H3,(H,16,18). The fraction of sp³-hybridized carbons (Fsp3) is 0.500. The molecule has 2 N–H and O–H groups in total. The number of hydrogen-bond acceptors (Lipinski definition) is 3. The lowest BCUT2D eigenvalue weighted by Crippen LogP contribution is -2.42. The number of benzene rings is 1. The third-order valence-electron chi connectivity index (χ3n) is 3.24. The highest BCUT2D eigenvalue weighted by Crippen LogP contribution is 2.29. The van der Waals surface area contributed by atoms with E-state index in [2.05, 4.69) is 5.32 Å².